The first-order chi connectivity index (χ1) is 9.49. The normalized spacial score (nSPS) is 10.6. The number of thiazole rings is 1. The number of aryl methyl sites for hydroxylation is 1. The first-order valence-corrected chi connectivity index (χ1v) is 8.74. The van der Waals surface area contributed by atoms with Gasteiger partial charge in [-0.15, -0.1) is 22.9 Å². The van der Waals surface area contributed by atoms with Crippen LogP contribution in [0.25, 0.3) is 0 Å². The van der Waals surface area contributed by atoms with Crippen LogP contribution in [0, 0.1) is 6.92 Å². The molecule has 0 aliphatic heterocycles. The van der Waals surface area contributed by atoms with E-state index in [0.717, 1.165) is 30.9 Å². The average molecular weight is 439 g/mol. The standard InChI is InChI=1S/C13H11Br2ClN2OS/c1-7-2-9(14)13(10(15)3-7)18-11(19)4-12-17-8(5-16)6-20-12/h2-3,6H,4-5H2,1H3,(H,18,19). The maximum Gasteiger partial charge on any atom is 0.231 e. The second-order valence-electron chi connectivity index (χ2n) is 4.19. The molecule has 7 heteroatoms. The summed E-state index contributed by atoms with van der Waals surface area (Å²) in [6.45, 7) is 1.99. The van der Waals surface area contributed by atoms with Crippen molar-refractivity contribution in [2.75, 3.05) is 5.32 Å². The quantitative estimate of drug-likeness (QED) is 0.690. The number of aromatic nitrogens is 1. The minimum absolute atomic E-state index is 0.106. The van der Waals surface area contributed by atoms with Gasteiger partial charge in [0.15, 0.2) is 0 Å². The third-order valence-electron chi connectivity index (χ3n) is 2.50. The van der Waals surface area contributed by atoms with Crippen molar-refractivity contribution in [3.8, 4) is 0 Å². The second-order valence-corrected chi connectivity index (χ2v) is 7.11. The van der Waals surface area contributed by atoms with E-state index in [1.54, 1.807) is 0 Å². The summed E-state index contributed by atoms with van der Waals surface area (Å²) in [5.41, 5.74) is 2.64. The van der Waals surface area contributed by atoms with E-state index in [-0.39, 0.29) is 12.3 Å². The molecule has 20 heavy (non-hydrogen) atoms. The molecule has 1 aromatic carbocycles. The van der Waals surface area contributed by atoms with E-state index in [9.17, 15) is 4.79 Å². The lowest BCUT2D eigenvalue weighted by atomic mass is 10.2. The van der Waals surface area contributed by atoms with Gasteiger partial charge in [0, 0.05) is 14.3 Å². The van der Waals surface area contributed by atoms with Gasteiger partial charge < -0.3 is 5.32 Å². The summed E-state index contributed by atoms with van der Waals surface area (Å²) < 4.78 is 1.69. The molecule has 1 N–H and O–H groups in total. The summed E-state index contributed by atoms with van der Waals surface area (Å²) in [6.07, 6.45) is 0.244. The predicted octanol–water partition coefficient (Wildman–Crippen LogP) is 4.90. The van der Waals surface area contributed by atoms with E-state index in [0.29, 0.717) is 5.88 Å². The highest BCUT2D eigenvalue weighted by molar-refractivity contribution is 9.11. The van der Waals surface area contributed by atoms with Crippen molar-refractivity contribution in [3.05, 3.63) is 42.7 Å². The van der Waals surface area contributed by atoms with Crippen LogP contribution in [0.3, 0.4) is 0 Å². The van der Waals surface area contributed by atoms with Crippen molar-refractivity contribution in [3.63, 3.8) is 0 Å². The molecule has 0 atom stereocenters. The van der Waals surface area contributed by atoms with Gasteiger partial charge in [0.2, 0.25) is 5.91 Å². The van der Waals surface area contributed by atoms with Gasteiger partial charge in [0.05, 0.1) is 23.7 Å². The van der Waals surface area contributed by atoms with Crippen LogP contribution in [0.1, 0.15) is 16.3 Å². The lowest BCUT2D eigenvalue weighted by Crippen LogP contribution is -2.15. The van der Waals surface area contributed by atoms with Crippen LogP contribution in [0.2, 0.25) is 0 Å². The molecule has 0 fully saturated rings. The molecular weight excluding hydrogens is 427 g/mol. The van der Waals surface area contributed by atoms with Crippen molar-refractivity contribution >= 4 is 66.4 Å². The Kier molecular flexibility index (Phi) is 5.60. The molecule has 3 nitrogen and oxygen atoms in total. The zero-order chi connectivity index (χ0) is 14.7. The summed E-state index contributed by atoms with van der Waals surface area (Å²) in [5, 5.41) is 5.51. The number of rotatable bonds is 4. The van der Waals surface area contributed by atoms with Crippen LogP contribution >= 0.6 is 54.8 Å². The molecule has 0 saturated heterocycles. The Morgan fingerprint density at radius 1 is 1.40 bits per heavy atom. The fraction of sp³-hybridized carbons (Fsp3) is 0.231. The number of hydrogen-bond acceptors (Lipinski definition) is 3. The molecule has 0 saturated carbocycles. The third-order valence-corrected chi connectivity index (χ3v) is 4.92. The SMILES string of the molecule is Cc1cc(Br)c(NC(=O)Cc2nc(CCl)cs2)c(Br)c1. The molecule has 0 aliphatic rings. The Bertz CT molecular complexity index is 622. The van der Waals surface area contributed by atoms with Crippen LogP contribution in [-0.4, -0.2) is 10.9 Å². The Labute approximate surface area is 143 Å². The molecule has 0 unspecified atom stereocenters. The molecular formula is C13H11Br2ClN2OS. The van der Waals surface area contributed by atoms with E-state index in [1.165, 1.54) is 11.3 Å². The highest BCUT2D eigenvalue weighted by atomic mass is 79.9. The number of amides is 1. The van der Waals surface area contributed by atoms with Gasteiger partial charge in [0.1, 0.15) is 5.01 Å². The van der Waals surface area contributed by atoms with Crippen molar-refractivity contribution in [2.45, 2.75) is 19.2 Å². The zero-order valence-corrected chi connectivity index (χ0v) is 15.3. The highest BCUT2D eigenvalue weighted by Gasteiger charge is 2.12. The van der Waals surface area contributed by atoms with Gasteiger partial charge >= 0.3 is 0 Å². The van der Waals surface area contributed by atoms with Crippen molar-refractivity contribution in [2.24, 2.45) is 0 Å². The molecule has 0 spiro atoms. The van der Waals surface area contributed by atoms with Crippen LogP contribution < -0.4 is 5.32 Å². The van der Waals surface area contributed by atoms with Crippen LogP contribution in [0.15, 0.2) is 26.5 Å². The number of nitrogens with one attached hydrogen (secondary N) is 1. The molecule has 1 amide bonds. The van der Waals surface area contributed by atoms with Gasteiger partial charge in [-0.2, -0.15) is 0 Å². The van der Waals surface area contributed by atoms with Crippen molar-refractivity contribution in [1.29, 1.82) is 0 Å². The molecule has 1 heterocycles. The topological polar surface area (TPSA) is 42.0 Å². The molecule has 1 aromatic heterocycles. The number of alkyl halides is 1. The van der Waals surface area contributed by atoms with Gasteiger partial charge in [-0.25, -0.2) is 4.98 Å². The molecule has 106 valence electrons. The first kappa shape index (κ1) is 15.9. The molecule has 2 rings (SSSR count). The van der Waals surface area contributed by atoms with Gasteiger partial charge in [0.25, 0.3) is 0 Å². The third kappa shape index (κ3) is 4.04. The van der Waals surface area contributed by atoms with Crippen LogP contribution in [-0.2, 0) is 17.1 Å². The predicted molar refractivity (Wildman–Crippen MR) is 90.6 cm³/mol. The zero-order valence-electron chi connectivity index (χ0n) is 10.5. The molecule has 0 radical (unpaired) electrons. The minimum atomic E-state index is -0.106. The fourth-order valence-corrected chi connectivity index (χ4v) is 4.27. The summed E-state index contributed by atoms with van der Waals surface area (Å²) in [6, 6.07) is 3.91. The Morgan fingerprint density at radius 3 is 2.60 bits per heavy atom. The van der Waals surface area contributed by atoms with Crippen molar-refractivity contribution < 1.29 is 4.79 Å². The number of carbonyl (C=O) groups is 1. The molecule has 0 bridgehead atoms. The number of halogens is 3. The summed E-state index contributed by atoms with van der Waals surface area (Å²) >= 11 is 14.0. The maximum absolute atomic E-state index is 12.0. The average Bonchev–Trinajstić information content (AvgIpc) is 2.81. The number of nitrogens with zero attached hydrogens (tertiary/aromatic N) is 1. The summed E-state index contributed by atoms with van der Waals surface area (Å²) in [5.74, 6) is 0.262. The number of anilines is 1. The van der Waals surface area contributed by atoms with E-state index in [4.69, 9.17) is 11.6 Å². The van der Waals surface area contributed by atoms with Crippen LogP contribution in [0.5, 0.6) is 0 Å². The van der Waals surface area contributed by atoms with Crippen molar-refractivity contribution in [1.82, 2.24) is 4.98 Å². The van der Waals surface area contributed by atoms with Gasteiger partial charge in [-0.05, 0) is 56.5 Å². The highest BCUT2D eigenvalue weighted by Crippen LogP contribution is 2.32. The summed E-state index contributed by atoms with van der Waals surface area (Å²) in [4.78, 5) is 16.3. The van der Waals surface area contributed by atoms with E-state index < -0.39 is 0 Å². The Balaban J connectivity index is 2.08. The lowest BCUT2D eigenvalue weighted by molar-refractivity contribution is -0.115. The number of benzene rings is 1. The second kappa shape index (κ2) is 7.02. The van der Waals surface area contributed by atoms with E-state index >= 15 is 0 Å². The van der Waals surface area contributed by atoms with E-state index in [1.807, 2.05) is 24.4 Å². The number of carbonyl (C=O) groups excluding carboxylic acids is 1. The minimum Gasteiger partial charge on any atom is -0.324 e. The van der Waals surface area contributed by atoms with Crippen LogP contribution in [0.4, 0.5) is 5.69 Å². The Morgan fingerprint density at radius 2 is 2.05 bits per heavy atom. The lowest BCUT2D eigenvalue weighted by Gasteiger charge is -2.10. The van der Waals surface area contributed by atoms with Gasteiger partial charge in [-0.1, -0.05) is 0 Å². The monoisotopic (exact) mass is 436 g/mol. The van der Waals surface area contributed by atoms with E-state index in [2.05, 4.69) is 42.2 Å². The largest absolute Gasteiger partial charge is 0.324 e. The molecule has 0 aliphatic carbocycles. The maximum atomic E-state index is 12.0. The molecule has 2 aromatic rings. The number of hydrogen-bond donors (Lipinski definition) is 1. The Hall–Kier alpha value is -0.430. The fourth-order valence-electron chi connectivity index (χ4n) is 1.63. The first-order valence-electron chi connectivity index (χ1n) is 5.74. The summed E-state index contributed by atoms with van der Waals surface area (Å²) in [7, 11) is 0. The van der Waals surface area contributed by atoms with Gasteiger partial charge in [-0.3, -0.25) is 4.79 Å². The smallest absolute Gasteiger partial charge is 0.231 e.